The summed E-state index contributed by atoms with van der Waals surface area (Å²) in [4.78, 5) is 0. The highest BCUT2D eigenvalue weighted by molar-refractivity contribution is 5.40. The smallest absolute Gasteiger partial charge is 0.161 e. The molecule has 1 heterocycles. The third-order valence-corrected chi connectivity index (χ3v) is 2.42. The Bertz CT molecular complexity index is 329. The molecule has 82 valence electrons. The average molecular weight is 209 g/mol. The van der Waals surface area contributed by atoms with E-state index in [1.54, 1.807) is 0 Å². The maximum absolute atomic E-state index is 9.71. The zero-order valence-electron chi connectivity index (χ0n) is 8.43. The zero-order valence-corrected chi connectivity index (χ0v) is 8.43. The number of hydrogen-bond acceptors (Lipinski definition) is 4. The maximum atomic E-state index is 9.71. The van der Waals surface area contributed by atoms with Crippen LogP contribution in [0.3, 0.4) is 0 Å². The third-order valence-electron chi connectivity index (χ3n) is 2.42. The van der Waals surface area contributed by atoms with Gasteiger partial charge in [0.15, 0.2) is 17.6 Å². The Balaban J connectivity index is 2.05. The van der Waals surface area contributed by atoms with Gasteiger partial charge in [-0.05, 0) is 25.1 Å². The van der Waals surface area contributed by atoms with Gasteiger partial charge in [-0.3, -0.25) is 0 Å². The highest BCUT2D eigenvalue weighted by atomic mass is 16.6. The summed E-state index contributed by atoms with van der Waals surface area (Å²) in [6, 6.07) is 7.44. The van der Waals surface area contributed by atoms with Crippen LogP contribution in [0.2, 0.25) is 0 Å². The molecule has 0 fully saturated rings. The van der Waals surface area contributed by atoms with E-state index in [1.165, 1.54) is 0 Å². The minimum Gasteiger partial charge on any atom is -0.486 e. The highest BCUT2D eigenvalue weighted by Gasteiger charge is 2.26. The SMILES string of the molecule is NCC[C@@H](O)C1COc2ccccc2O1. The molecule has 15 heavy (non-hydrogen) atoms. The van der Waals surface area contributed by atoms with Crippen LogP contribution >= 0.6 is 0 Å². The molecule has 0 bridgehead atoms. The van der Waals surface area contributed by atoms with Crippen LogP contribution in [0.5, 0.6) is 11.5 Å². The van der Waals surface area contributed by atoms with Crippen molar-refractivity contribution in [1.29, 1.82) is 0 Å². The first-order valence-electron chi connectivity index (χ1n) is 5.08. The van der Waals surface area contributed by atoms with Gasteiger partial charge < -0.3 is 20.3 Å². The lowest BCUT2D eigenvalue weighted by Gasteiger charge is -2.29. The monoisotopic (exact) mass is 209 g/mol. The summed E-state index contributed by atoms with van der Waals surface area (Å²) in [5.41, 5.74) is 5.37. The quantitative estimate of drug-likeness (QED) is 0.762. The van der Waals surface area contributed by atoms with Crippen LogP contribution in [-0.2, 0) is 0 Å². The van der Waals surface area contributed by atoms with E-state index in [4.69, 9.17) is 15.2 Å². The molecule has 2 atom stereocenters. The lowest BCUT2D eigenvalue weighted by Crippen LogP contribution is -2.40. The van der Waals surface area contributed by atoms with E-state index in [-0.39, 0.29) is 6.10 Å². The summed E-state index contributed by atoms with van der Waals surface area (Å²) in [5.74, 6) is 1.42. The Morgan fingerprint density at radius 2 is 2.13 bits per heavy atom. The minimum absolute atomic E-state index is 0.316. The van der Waals surface area contributed by atoms with Gasteiger partial charge in [-0.1, -0.05) is 12.1 Å². The van der Waals surface area contributed by atoms with E-state index in [0.29, 0.717) is 25.3 Å². The fourth-order valence-corrected chi connectivity index (χ4v) is 1.58. The van der Waals surface area contributed by atoms with Gasteiger partial charge >= 0.3 is 0 Å². The molecule has 1 aliphatic heterocycles. The first kappa shape index (κ1) is 10.3. The van der Waals surface area contributed by atoms with Crippen molar-refractivity contribution < 1.29 is 14.6 Å². The predicted octanol–water partition coefficient (Wildman–Crippen LogP) is 0.536. The summed E-state index contributed by atoms with van der Waals surface area (Å²) >= 11 is 0. The molecule has 0 aliphatic carbocycles. The number of benzene rings is 1. The number of aliphatic hydroxyl groups is 1. The molecular weight excluding hydrogens is 194 g/mol. The molecule has 0 saturated carbocycles. The largest absolute Gasteiger partial charge is 0.486 e. The van der Waals surface area contributed by atoms with Crippen LogP contribution in [0.15, 0.2) is 24.3 Å². The van der Waals surface area contributed by atoms with Crippen LogP contribution < -0.4 is 15.2 Å². The van der Waals surface area contributed by atoms with E-state index in [9.17, 15) is 5.11 Å². The van der Waals surface area contributed by atoms with Crippen LogP contribution in [0.25, 0.3) is 0 Å². The van der Waals surface area contributed by atoms with Gasteiger partial charge in [-0.2, -0.15) is 0 Å². The van der Waals surface area contributed by atoms with E-state index in [0.717, 1.165) is 5.75 Å². The zero-order chi connectivity index (χ0) is 10.7. The normalized spacial score (nSPS) is 21.1. The van der Waals surface area contributed by atoms with Crippen molar-refractivity contribution in [3.63, 3.8) is 0 Å². The Kier molecular flexibility index (Phi) is 3.08. The number of nitrogens with two attached hydrogens (primary N) is 1. The molecule has 4 heteroatoms. The highest BCUT2D eigenvalue weighted by Crippen LogP contribution is 2.31. The molecule has 1 aliphatic rings. The van der Waals surface area contributed by atoms with Crippen LogP contribution in [0, 0.1) is 0 Å². The molecule has 1 unspecified atom stereocenters. The Morgan fingerprint density at radius 3 is 2.87 bits per heavy atom. The molecular formula is C11H15NO3. The van der Waals surface area contributed by atoms with Gasteiger partial charge in [0, 0.05) is 0 Å². The predicted molar refractivity (Wildman–Crippen MR) is 56.0 cm³/mol. The van der Waals surface area contributed by atoms with E-state index in [2.05, 4.69) is 0 Å². The Labute approximate surface area is 88.6 Å². The minimum atomic E-state index is -0.566. The van der Waals surface area contributed by atoms with Gasteiger partial charge in [-0.25, -0.2) is 0 Å². The van der Waals surface area contributed by atoms with Gasteiger partial charge in [0.2, 0.25) is 0 Å². The van der Waals surface area contributed by atoms with Crippen molar-refractivity contribution >= 4 is 0 Å². The second kappa shape index (κ2) is 4.51. The molecule has 0 radical (unpaired) electrons. The Hall–Kier alpha value is -1.26. The third kappa shape index (κ3) is 2.22. The van der Waals surface area contributed by atoms with Gasteiger partial charge in [0.25, 0.3) is 0 Å². The number of hydrogen-bond donors (Lipinski definition) is 2. The average Bonchev–Trinajstić information content (AvgIpc) is 2.29. The lowest BCUT2D eigenvalue weighted by atomic mass is 10.1. The summed E-state index contributed by atoms with van der Waals surface area (Å²) in [5, 5.41) is 9.71. The Morgan fingerprint density at radius 1 is 1.40 bits per heavy atom. The molecule has 0 aromatic heterocycles. The van der Waals surface area contributed by atoms with Crippen molar-refractivity contribution in [3.05, 3.63) is 24.3 Å². The number of fused-ring (bicyclic) bond motifs is 1. The van der Waals surface area contributed by atoms with Crippen molar-refractivity contribution in [2.45, 2.75) is 18.6 Å². The first-order chi connectivity index (χ1) is 7.31. The van der Waals surface area contributed by atoms with Crippen molar-refractivity contribution in [3.8, 4) is 11.5 Å². The molecule has 0 saturated heterocycles. The van der Waals surface area contributed by atoms with Gasteiger partial charge in [0.05, 0.1) is 6.10 Å². The van der Waals surface area contributed by atoms with Crippen molar-refractivity contribution in [1.82, 2.24) is 0 Å². The van der Waals surface area contributed by atoms with Crippen LogP contribution in [-0.4, -0.2) is 30.5 Å². The van der Waals surface area contributed by atoms with Crippen molar-refractivity contribution in [2.24, 2.45) is 5.73 Å². The maximum Gasteiger partial charge on any atom is 0.161 e. The molecule has 0 amide bonds. The fraction of sp³-hybridized carbons (Fsp3) is 0.455. The summed E-state index contributed by atoms with van der Waals surface area (Å²) in [7, 11) is 0. The topological polar surface area (TPSA) is 64.7 Å². The van der Waals surface area contributed by atoms with Gasteiger partial charge in [-0.15, -0.1) is 0 Å². The summed E-state index contributed by atoms with van der Waals surface area (Å²) in [6.07, 6.45) is -0.359. The molecule has 1 aromatic carbocycles. The summed E-state index contributed by atoms with van der Waals surface area (Å²) < 4.78 is 11.1. The van der Waals surface area contributed by atoms with Gasteiger partial charge in [0.1, 0.15) is 6.61 Å². The van der Waals surface area contributed by atoms with Crippen molar-refractivity contribution in [2.75, 3.05) is 13.2 Å². The van der Waals surface area contributed by atoms with Crippen LogP contribution in [0.1, 0.15) is 6.42 Å². The lowest BCUT2D eigenvalue weighted by molar-refractivity contribution is -0.0123. The van der Waals surface area contributed by atoms with E-state index in [1.807, 2.05) is 24.3 Å². The molecule has 3 N–H and O–H groups in total. The standard InChI is InChI=1S/C11H15NO3/c12-6-5-8(13)11-7-14-9-3-1-2-4-10(9)15-11/h1-4,8,11,13H,5-7,12H2/t8-,11?/m1/s1. The molecule has 0 spiro atoms. The van der Waals surface area contributed by atoms with Crippen LogP contribution in [0.4, 0.5) is 0 Å². The number of rotatable bonds is 3. The number of para-hydroxylation sites is 2. The second-order valence-electron chi connectivity index (χ2n) is 3.56. The number of ether oxygens (including phenoxy) is 2. The first-order valence-corrected chi connectivity index (χ1v) is 5.08. The van der Waals surface area contributed by atoms with E-state index >= 15 is 0 Å². The number of aliphatic hydroxyl groups excluding tert-OH is 1. The second-order valence-corrected chi connectivity index (χ2v) is 3.56. The molecule has 2 rings (SSSR count). The fourth-order valence-electron chi connectivity index (χ4n) is 1.58. The van der Waals surface area contributed by atoms with E-state index < -0.39 is 6.10 Å². The summed E-state index contributed by atoms with van der Waals surface area (Å²) in [6.45, 7) is 0.820. The molecule has 4 nitrogen and oxygen atoms in total. The molecule has 1 aromatic rings.